The quantitative estimate of drug-likeness (QED) is 0.0598. The Morgan fingerprint density at radius 2 is 1.41 bits per heavy atom. The normalized spacial score (nSPS) is 28.5. The van der Waals surface area contributed by atoms with Crippen molar-refractivity contribution in [1.29, 1.82) is 0 Å². The summed E-state index contributed by atoms with van der Waals surface area (Å²) in [6.07, 6.45) is -7.75. The summed E-state index contributed by atoms with van der Waals surface area (Å²) in [4.78, 5) is 85.9. The summed E-state index contributed by atoms with van der Waals surface area (Å²) in [6.45, 7) is 8.17. The Morgan fingerprint density at radius 1 is 0.838 bits per heavy atom. The third kappa shape index (κ3) is 10.6. The molecule has 0 radical (unpaired) electrons. The molecule has 1 amide bonds. The highest BCUT2D eigenvalue weighted by Crippen LogP contribution is 2.64. The number of Topliss-reactive ketones (excluding diaryl/α,β-unsaturated/α-hetero) is 1. The molecule has 3 fully saturated rings. The van der Waals surface area contributed by atoms with Crippen LogP contribution in [0.2, 0.25) is 0 Å². The molecule has 3 N–H and O–H groups in total. The van der Waals surface area contributed by atoms with Gasteiger partial charge in [0.25, 0.3) is 5.91 Å². The number of amides is 1. The molecule has 2 unspecified atom stereocenters. The number of rotatable bonds is 12. The Kier molecular flexibility index (Phi) is 15.7. The van der Waals surface area contributed by atoms with E-state index in [1.54, 1.807) is 136 Å². The lowest BCUT2D eigenvalue weighted by atomic mass is 9.44. The van der Waals surface area contributed by atoms with Crippen LogP contribution in [0.25, 0.3) is 0 Å². The lowest BCUT2D eigenvalue weighted by Crippen LogP contribution is -2.82. The van der Waals surface area contributed by atoms with Crippen LogP contribution in [0.15, 0.2) is 127 Å². The number of nitrogens with zero attached hydrogens (tertiary/aromatic N) is 1. The highest BCUT2D eigenvalue weighted by Gasteiger charge is 2.78. The standard InChI is InChI=1S/C53H56N2O14.CH4O3S/c1-30-36(66-49(62)43(67-39-25-17-18-26-55(39)7)41(33-19-11-8-12-20-33)54-47(60)34-21-13-9-14-22-34)28-53(63)46(68-48(61)35-23-15-10-16-24-35)44-51(6,37(58)27-38-52(44,29-64-38)69-32(3)57)45(59)42(65-31(2)56)40(30)50(53,4)5;1-5(2,3)4/h8-26,36-38,41-44,46,58,63H,27-29H2,1-7H3;1H3,(H,2,3,4)/t36-,37-,38+,41-,42+,43+,44?,46?,51+,52-,53+;/m0./s1. The minimum Gasteiger partial charge on any atom is -0.748 e. The molecule has 1 saturated heterocycles. The van der Waals surface area contributed by atoms with E-state index in [1.165, 1.54) is 26.0 Å². The molecule has 2 saturated carbocycles. The summed E-state index contributed by atoms with van der Waals surface area (Å²) in [5.41, 5.74) is -6.80. The molecule has 11 atom stereocenters. The highest BCUT2D eigenvalue weighted by atomic mass is 32.2. The first-order valence-electron chi connectivity index (χ1n) is 23.8. The van der Waals surface area contributed by atoms with Gasteiger partial charge in [0.1, 0.15) is 37.0 Å². The van der Waals surface area contributed by atoms with Crippen molar-refractivity contribution in [2.45, 2.75) is 108 Å². The number of benzene rings is 3. The number of aliphatic hydroxyl groups is 2. The number of aryl methyl sites for hydroxylation is 1. The number of ether oxygens (including phenoxy) is 6. The average molecular weight is 1040 g/mol. The van der Waals surface area contributed by atoms with Gasteiger partial charge in [0.15, 0.2) is 23.7 Å². The van der Waals surface area contributed by atoms with Crippen molar-refractivity contribution >= 4 is 45.7 Å². The Balaban J connectivity index is 0.00000153. The number of aromatic nitrogens is 1. The lowest BCUT2D eigenvalue weighted by Gasteiger charge is -2.67. The summed E-state index contributed by atoms with van der Waals surface area (Å²) in [6, 6.07) is 28.9. The molecule has 2 heterocycles. The predicted molar refractivity (Wildman–Crippen MR) is 259 cm³/mol. The number of carbonyl (C=O) groups excluding carboxylic acids is 6. The third-order valence-electron chi connectivity index (χ3n) is 14.7. The van der Waals surface area contributed by atoms with Gasteiger partial charge in [-0.05, 0) is 60.9 Å². The first-order chi connectivity index (χ1) is 34.7. The SMILES string of the molecule is CC(=O)O[C@H]1C(=O)[C@@]2(C)C(C(OC(=O)c3ccccc3)[C@]3(O)C[C@H](OC(=O)[C@H](Oc4cccc[n+]4C)[C@@H](NC(=O)c4ccccc4)c4ccccc4)C(C)=C1C3(C)C)[C@]1(OC(C)=O)CO[C@@H]1C[C@@H]2O.CS(=O)(=O)[O-]. The molecule has 8 rings (SSSR count). The van der Waals surface area contributed by atoms with Gasteiger partial charge in [-0.2, -0.15) is 4.57 Å². The minimum absolute atomic E-state index is 0.0271. The van der Waals surface area contributed by atoms with Gasteiger partial charge in [0.05, 0.1) is 45.8 Å². The molecule has 3 aromatic carbocycles. The van der Waals surface area contributed by atoms with Crippen LogP contribution >= 0.6 is 0 Å². The van der Waals surface area contributed by atoms with E-state index in [1.807, 2.05) is 0 Å². The number of carbonyl (C=O) groups is 6. The maximum Gasteiger partial charge on any atom is 0.368 e. The molecule has 2 bridgehead atoms. The molecular weight excluding hydrogens is 981 g/mol. The minimum atomic E-state index is -3.92. The van der Waals surface area contributed by atoms with Crippen LogP contribution in [0.3, 0.4) is 0 Å². The number of pyridine rings is 1. The molecule has 1 aliphatic heterocycles. The van der Waals surface area contributed by atoms with Crippen LogP contribution in [-0.2, 0) is 60.0 Å². The van der Waals surface area contributed by atoms with Crippen molar-refractivity contribution in [2.24, 2.45) is 23.8 Å². The second kappa shape index (κ2) is 21.2. The first-order valence-corrected chi connectivity index (χ1v) is 25.6. The molecule has 19 nitrogen and oxygen atoms in total. The van der Waals surface area contributed by atoms with Gasteiger partial charge in [-0.15, -0.1) is 0 Å². The van der Waals surface area contributed by atoms with E-state index in [0.717, 1.165) is 6.92 Å². The maximum atomic E-state index is 15.7. The number of hydrogen-bond donors (Lipinski definition) is 3. The second-order valence-corrected chi connectivity index (χ2v) is 21.2. The topological polar surface area (TPSA) is 271 Å². The van der Waals surface area contributed by atoms with Gasteiger partial charge < -0.3 is 48.5 Å². The average Bonchev–Trinajstić information content (AvgIpc) is 3.34. The van der Waals surface area contributed by atoms with Gasteiger partial charge in [-0.25, -0.2) is 18.0 Å². The number of esters is 4. The molecule has 74 heavy (non-hydrogen) atoms. The zero-order valence-electron chi connectivity index (χ0n) is 42.1. The molecular formula is C54H60N2O17S. The fraction of sp³-hybridized carbons (Fsp3) is 0.426. The largest absolute Gasteiger partial charge is 0.748 e. The van der Waals surface area contributed by atoms with E-state index in [4.69, 9.17) is 41.4 Å². The summed E-state index contributed by atoms with van der Waals surface area (Å²) in [5.74, 6) is -6.29. The maximum absolute atomic E-state index is 15.7. The van der Waals surface area contributed by atoms with E-state index in [9.17, 15) is 29.4 Å². The molecule has 394 valence electrons. The fourth-order valence-electron chi connectivity index (χ4n) is 11.0. The molecule has 3 aliphatic carbocycles. The van der Waals surface area contributed by atoms with Crippen molar-refractivity contribution in [3.63, 3.8) is 0 Å². The van der Waals surface area contributed by atoms with Crippen LogP contribution in [0, 0.1) is 16.7 Å². The number of hydrogen-bond acceptors (Lipinski definition) is 17. The Morgan fingerprint density at radius 3 is 1.95 bits per heavy atom. The Hall–Kier alpha value is -6.84. The molecule has 4 aliphatic rings. The van der Waals surface area contributed by atoms with E-state index in [0.29, 0.717) is 17.4 Å². The lowest BCUT2D eigenvalue weighted by molar-refractivity contribution is -0.677. The highest BCUT2D eigenvalue weighted by molar-refractivity contribution is 7.84. The van der Waals surface area contributed by atoms with Crippen molar-refractivity contribution in [1.82, 2.24) is 5.32 Å². The van der Waals surface area contributed by atoms with Crippen molar-refractivity contribution in [3.8, 4) is 5.88 Å². The van der Waals surface area contributed by atoms with Crippen LogP contribution in [0.1, 0.15) is 86.7 Å². The van der Waals surface area contributed by atoms with Crippen molar-refractivity contribution in [3.05, 3.63) is 143 Å². The number of nitrogens with one attached hydrogen (secondary N) is 1. The van der Waals surface area contributed by atoms with E-state index in [-0.39, 0.29) is 35.6 Å². The first kappa shape index (κ1) is 54.9. The molecule has 0 spiro atoms. The van der Waals surface area contributed by atoms with Crippen LogP contribution in [0.4, 0.5) is 0 Å². The molecule has 20 heteroatoms. The fourth-order valence-corrected chi connectivity index (χ4v) is 11.0. The summed E-state index contributed by atoms with van der Waals surface area (Å²) >= 11 is 0. The van der Waals surface area contributed by atoms with E-state index >= 15 is 9.59 Å². The van der Waals surface area contributed by atoms with Crippen LogP contribution < -0.4 is 14.6 Å². The second-order valence-electron chi connectivity index (χ2n) is 19.8. The third-order valence-corrected chi connectivity index (χ3v) is 14.7. The van der Waals surface area contributed by atoms with Crippen LogP contribution in [0.5, 0.6) is 5.88 Å². The number of fused-ring (bicyclic) bond motifs is 5. The molecule has 1 aromatic heterocycles. The summed E-state index contributed by atoms with van der Waals surface area (Å²) < 4.78 is 66.5. The zero-order valence-corrected chi connectivity index (χ0v) is 42.9. The van der Waals surface area contributed by atoms with Gasteiger partial charge in [-0.1, -0.05) is 80.6 Å². The van der Waals surface area contributed by atoms with Gasteiger partial charge in [-0.3, -0.25) is 19.2 Å². The monoisotopic (exact) mass is 1040 g/mol. The molecule has 4 aromatic rings. The van der Waals surface area contributed by atoms with E-state index in [2.05, 4.69) is 5.32 Å². The van der Waals surface area contributed by atoms with Crippen molar-refractivity contribution in [2.75, 3.05) is 12.9 Å². The smallest absolute Gasteiger partial charge is 0.368 e. The van der Waals surface area contributed by atoms with Gasteiger partial charge in [0.2, 0.25) is 6.10 Å². The number of aliphatic hydroxyl groups excluding tert-OH is 1. The Bertz CT molecular complexity index is 2930. The number of ketones is 1. The van der Waals surface area contributed by atoms with Gasteiger partial charge >= 0.3 is 29.8 Å². The zero-order chi connectivity index (χ0) is 54.1. The van der Waals surface area contributed by atoms with E-state index < -0.39 is 123 Å². The van der Waals surface area contributed by atoms with Gasteiger partial charge in [0, 0.05) is 50.0 Å². The summed E-state index contributed by atoms with van der Waals surface area (Å²) in [7, 11) is -2.21. The predicted octanol–water partition coefficient (Wildman–Crippen LogP) is 3.81. The van der Waals surface area contributed by atoms with Crippen LogP contribution in [-0.4, -0.2) is 119 Å². The Labute approximate surface area is 428 Å². The summed E-state index contributed by atoms with van der Waals surface area (Å²) in [5, 5.41) is 29.2. The van der Waals surface area contributed by atoms with Crippen molar-refractivity contribution < 1.29 is 84.9 Å².